The van der Waals surface area contributed by atoms with Gasteiger partial charge < -0.3 is 4.42 Å². The van der Waals surface area contributed by atoms with E-state index in [0.717, 1.165) is 20.6 Å². The Bertz CT molecular complexity index is 1720. The minimum Gasteiger partial charge on any atom is -0.455 e. The fourth-order valence-corrected chi connectivity index (χ4v) is 5.33. The van der Waals surface area contributed by atoms with Crippen molar-refractivity contribution in [2.24, 2.45) is 21.7 Å². The predicted molar refractivity (Wildman–Crippen MR) is 153 cm³/mol. The predicted octanol–water partition coefficient (Wildman–Crippen LogP) is 5.29. The molecule has 2 saturated heterocycles. The van der Waals surface area contributed by atoms with Gasteiger partial charge in [0.25, 0.3) is 0 Å². The number of hydrogen-bond donors (Lipinski definition) is 0. The number of anilines is 2. The molecule has 4 amide bonds. The van der Waals surface area contributed by atoms with Crippen molar-refractivity contribution in [2.45, 2.75) is 55.4 Å². The van der Waals surface area contributed by atoms with Gasteiger partial charge in [-0.15, -0.1) is 0 Å². The highest BCUT2D eigenvalue weighted by Gasteiger charge is 2.62. The van der Waals surface area contributed by atoms with Crippen LogP contribution in [0.3, 0.4) is 0 Å². The van der Waals surface area contributed by atoms with Gasteiger partial charge in [0.2, 0.25) is 35.5 Å². The number of aromatic nitrogens is 3. The van der Waals surface area contributed by atoms with Gasteiger partial charge in [-0.05, 0) is 67.5 Å². The first-order valence-corrected chi connectivity index (χ1v) is 13.5. The van der Waals surface area contributed by atoms with Crippen molar-refractivity contribution < 1.29 is 23.6 Å². The van der Waals surface area contributed by atoms with E-state index < -0.39 is 45.3 Å². The van der Waals surface area contributed by atoms with Gasteiger partial charge in [0, 0.05) is 10.8 Å². The van der Waals surface area contributed by atoms with Crippen molar-refractivity contribution in [3.05, 3.63) is 42.5 Å². The summed E-state index contributed by atoms with van der Waals surface area (Å²) in [6.07, 6.45) is 0. The van der Waals surface area contributed by atoms with Crippen LogP contribution in [0.2, 0.25) is 0 Å². The van der Waals surface area contributed by atoms with Crippen LogP contribution in [-0.4, -0.2) is 38.6 Å². The summed E-state index contributed by atoms with van der Waals surface area (Å²) in [4.78, 5) is 70.0. The molecule has 0 atom stereocenters. The molecule has 0 N–H and O–H groups in total. The van der Waals surface area contributed by atoms with Gasteiger partial charge >= 0.3 is 0 Å². The van der Waals surface area contributed by atoms with Crippen molar-refractivity contribution in [2.75, 3.05) is 9.80 Å². The highest BCUT2D eigenvalue weighted by molar-refractivity contribution is 6.25. The minimum absolute atomic E-state index is 0.0564. The summed E-state index contributed by atoms with van der Waals surface area (Å²) >= 11 is 0. The van der Waals surface area contributed by atoms with Crippen LogP contribution in [-0.2, 0) is 19.2 Å². The molecule has 0 unspecified atom stereocenters. The maximum absolute atomic E-state index is 13.6. The number of rotatable bonds is 3. The number of para-hydroxylation sites is 2. The largest absolute Gasteiger partial charge is 0.455 e. The van der Waals surface area contributed by atoms with Crippen LogP contribution in [0.15, 0.2) is 46.9 Å². The molecule has 10 heteroatoms. The van der Waals surface area contributed by atoms with E-state index in [1.165, 1.54) is 0 Å². The third-order valence-corrected chi connectivity index (χ3v) is 9.73. The lowest BCUT2D eigenvalue weighted by Crippen LogP contribution is -2.37. The average molecular weight is 554 g/mol. The molecule has 0 spiro atoms. The van der Waals surface area contributed by atoms with E-state index in [1.54, 1.807) is 61.5 Å². The number of amides is 4. The quantitative estimate of drug-likeness (QED) is 0.313. The number of carbonyl (C=O) groups is 4. The number of nitrogens with zero attached hydrogens (tertiary/aromatic N) is 5. The lowest BCUT2D eigenvalue weighted by atomic mass is 9.70. The van der Waals surface area contributed by atoms with Crippen LogP contribution >= 0.6 is 0 Å². The van der Waals surface area contributed by atoms with Crippen molar-refractivity contribution in [1.29, 1.82) is 0 Å². The molecular weight excluding hydrogens is 522 g/mol. The number of hydrogen-bond acceptors (Lipinski definition) is 8. The lowest BCUT2D eigenvalue weighted by molar-refractivity contribution is -0.129. The van der Waals surface area contributed by atoms with Crippen molar-refractivity contribution >= 4 is 57.5 Å². The molecule has 6 rings (SSSR count). The number of furan rings is 1. The van der Waals surface area contributed by atoms with E-state index in [9.17, 15) is 19.2 Å². The maximum Gasteiger partial charge on any atom is 0.244 e. The van der Waals surface area contributed by atoms with Crippen LogP contribution in [0.4, 0.5) is 11.9 Å². The van der Waals surface area contributed by atoms with Crippen molar-refractivity contribution in [3.8, 4) is 11.4 Å². The van der Waals surface area contributed by atoms with Crippen LogP contribution < -0.4 is 9.80 Å². The Morgan fingerprint density at radius 2 is 1.00 bits per heavy atom. The molecule has 2 aromatic heterocycles. The van der Waals surface area contributed by atoms with E-state index in [-0.39, 0.29) is 17.7 Å². The van der Waals surface area contributed by atoms with Crippen molar-refractivity contribution in [1.82, 2.24) is 15.0 Å². The second kappa shape index (κ2) is 8.05. The van der Waals surface area contributed by atoms with E-state index in [1.807, 2.05) is 36.4 Å². The molecule has 41 heavy (non-hydrogen) atoms. The summed E-state index contributed by atoms with van der Waals surface area (Å²) in [6.45, 7) is 13.6. The summed E-state index contributed by atoms with van der Waals surface area (Å²) < 4.78 is 6.19. The molecule has 2 aliphatic rings. The molecule has 0 radical (unpaired) electrons. The Kier molecular flexibility index (Phi) is 5.25. The zero-order valence-electron chi connectivity index (χ0n) is 24.3. The van der Waals surface area contributed by atoms with Crippen LogP contribution in [0.5, 0.6) is 0 Å². The molecular formula is C31H31N5O5. The number of benzene rings is 2. The maximum atomic E-state index is 13.6. The fraction of sp³-hybridized carbons (Fsp3) is 0.387. The van der Waals surface area contributed by atoms with E-state index in [2.05, 4.69) is 15.0 Å². The zero-order valence-corrected chi connectivity index (χ0v) is 24.3. The first-order chi connectivity index (χ1) is 19.0. The molecule has 4 heterocycles. The van der Waals surface area contributed by atoms with Crippen LogP contribution in [0.25, 0.3) is 33.3 Å². The van der Waals surface area contributed by atoms with Gasteiger partial charge in [0.05, 0.1) is 27.2 Å². The highest BCUT2D eigenvalue weighted by atomic mass is 16.3. The van der Waals surface area contributed by atoms with Crippen LogP contribution in [0.1, 0.15) is 55.4 Å². The molecule has 2 aromatic carbocycles. The van der Waals surface area contributed by atoms with Gasteiger partial charge in [-0.1, -0.05) is 30.3 Å². The smallest absolute Gasteiger partial charge is 0.244 e. The number of imide groups is 2. The second-order valence-corrected chi connectivity index (χ2v) is 12.9. The average Bonchev–Trinajstić information content (AvgIpc) is 3.40. The highest BCUT2D eigenvalue weighted by Crippen LogP contribution is 2.50. The topological polar surface area (TPSA) is 127 Å². The standard InChI is InChI=1S/C31H31N5O5/c1-28(2)22(37)35(23(38)29(28,3)4)26-32-21(18-14-11-13-17-16-12-9-10-15-19(16)41-20(17)18)33-27(34-26)36-24(39)30(5,6)31(7,8)25(36)40/h9-15H,1-8H3. The number of fused-ring (bicyclic) bond motifs is 3. The summed E-state index contributed by atoms with van der Waals surface area (Å²) in [5.41, 5.74) is -2.63. The Morgan fingerprint density at radius 3 is 1.49 bits per heavy atom. The van der Waals surface area contributed by atoms with Crippen LogP contribution in [0, 0.1) is 21.7 Å². The summed E-state index contributed by atoms with van der Waals surface area (Å²) in [5.74, 6) is -2.41. The summed E-state index contributed by atoms with van der Waals surface area (Å²) in [6, 6.07) is 13.0. The first kappa shape index (κ1) is 26.7. The monoisotopic (exact) mass is 553 g/mol. The normalized spacial score (nSPS) is 21.1. The summed E-state index contributed by atoms with van der Waals surface area (Å²) in [7, 11) is 0. The minimum atomic E-state index is -1.06. The third-order valence-electron chi connectivity index (χ3n) is 9.73. The Balaban J connectivity index is 1.63. The number of carbonyl (C=O) groups excluding carboxylic acids is 4. The molecule has 0 bridgehead atoms. The van der Waals surface area contributed by atoms with E-state index in [4.69, 9.17) is 4.42 Å². The van der Waals surface area contributed by atoms with Gasteiger partial charge in [0.15, 0.2) is 5.82 Å². The van der Waals surface area contributed by atoms with Gasteiger partial charge in [-0.25, -0.2) is 9.80 Å². The third kappa shape index (κ3) is 3.27. The molecule has 210 valence electrons. The summed E-state index contributed by atoms with van der Waals surface area (Å²) in [5, 5.41) is 1.70. The van der Waals surface area contributed by atoms with Crippen molar-refractivity contribution in [3.63, 3.8) is 0 Å². The molecule has 2 aliphatic heterocycles. The first-order valence-electron chi connectivity index (χ1n) is 13.5. The lowest BCUT2D eigenvalue weighted by Gasteiger charge is -2.28. The van der Waals surface area contributed by atoms with Gasteiger partial charge in [-0.3, -0.25) is 19.2 Å². The fourth-order valence-electron chi connectivity index (χ4n) is 5.33. The molecule has 4 aromatic rings. The SMILES string of the molecule is CC1(C)C(=O)N(c2nc(-c3cccc4c3oc3ccccc34)nc(N3C(=O)C(C)(C)C(C)(C)C3=O)n2)C(=O)C1(C)C. The van der Waals surface area contributed by atoms with Gasteiger partial charge in [-0.2, -0.15) is 15.0 Å². The van der Waals surface area contributed by atoms with E-state index in [0.29, 0.717) is 16.7 Å². The molecule has 0 saturated carbocycles. The molecule has 2 fully saturated rings. The Labute approximate surface area is 236 Å². The molecule has 0 aliphatic carbocycles. The zero-order chi connectivity index (χ0) is 29.9. The molecule has 10 nitrogen and oxygen atoms in total. The Morgan fingerprint density at radius 1 is 0.561 bits per heavy atom. The second-order valence-electron chi connectivity index (χ2n) is 12.9. The van der Waals surface area contributed by atoms with E-state index >= 15 is 0 Å². The Hall–Kier alpha value is -4.47. The van der Waals surface area contributed by atoms with Gasteiger partial charge in [0.1, 0.15) is 11.2 Å².